The fraction of sp³-hybridized carbons (Fsp3) is 0.434. The van der Waals surface area contributed by atoms with Crippen molar-refractivity contribution in [1.29, 1.82) is 0 Å². The Hall–Kier alpha value is -6.31. The van der Waals surface area contributed by atoms with Crippen molar-refractivity contribution in [3.05, 3.63) is 241 Å². The molecule has 0 heterocycles. The summed E-state index contributed by atoms with van der Waals surface area (Å²) in [5.41, 5.74) is 20.9. The first-order valence-corrected chi connectivity index (χ1v) is 33.2. The van der Waals surface area contributed by atoms with Crippen LogP contribution in [0.2, 0.25) is 0 Å². The number of rotatable bonds is 5. The van der Waals surface area contributed by atoms with Crippen LogP contribution in [0.1, 0.15) is 253 Å². The Morgan fingerprint density at radius 2 is 0.738 bits per heavy atom. The Morgan fingerprint density at radius 1 is 0.381 bits per heavy atom. The Kier molecular flexibility index (Phi) is 44.4. The predicted octanol–water partition coefficient (Wildman–Crippen LogP) is 26.4. The minimum atomic E-state index is 0.172. The van der Waals surface area contributed by atoms with Gasteiger partial charge in [0.2, 0.25) is 0 Å². The number of aryl methyl sites for hydroxylation is 5. The molecule has 0 aliphatic heterocycles. The van der Waals surface area contributed by atoms with Gasteiger partial charge in [0, 0.05) is 17.6 Å². The average molecular weight is 1130 g/mol. The van der Waals surface area contributed by atoms with Crippen LogP contribution in [0, 0.1) is 52.4 Å². The molecule has 3 saturated carbocycles. The number of Topliss-reactive ketones (excluding diaryl/α,β-unsaturated/α-hetero) is 1. The van der Waals surface area contributed by atoms with Crippen LogP contribution >= 0.6 is 0 Å². The molecular formula is C83H120O. The number of ketones is 1. The zero-order chi connectivity index (χ0) is 63.2. The molecule has 6 aromatic carbocycles. The third kappa shape index (κ3) is 30.5. The van der Waals surface area contributed by atoms with Crippen LogP contribution in [0.5, 0.6) is 0 Å². The highest BCUT2D eigenvalue weighted by molar-refractivity contribution is 6.15. The monoisotopic (exact) mass is 1130 g/mol. The van der Waals surface area contributed by atoms with E-state index in [4.69, 9.17) is 0 Å². The summed E-state index contributed by atoms with van der Waals surface area (Å²) >= 11 is 0. The van der Waals surface area contributed by atoms with Gasteiger partial charge in [0.25, 0.3) is 0 Å². The molecule has 84 heavy (non-hydrogen) atoms. The van der Waals surface area contributed by atoms with Gasteiger partial charge in [-0.1, -0.05) is 337 Å². The molecule has 4 aliphatic rings. The Morgan fingerprint density at radius 3 is 1.12 bits per heavy atom. The maximum atomic E-state index is 12.2. The van der Waals surface area contributed by atoms with E-state index >= 15 is 0 Å². The van der Waals surface area contributed by atoms with Crippen LogP contribution in [0.25, 0.3) is 30.4 Å². The molecule has 1 nitrogen and oxygen atoms in total. The molecule has 0 saturated heterocycles. The molecule has 3 unspecified atom stereocenters. The molecule has 0 radical (unpaired) electrons. The van der Waals surface area contributed by atoms with E-state index in [0.29, 0.717) is 0 Å². The lowest BCUT2D eigenvalue weighted by molar-refractivity contribution is 0.104. The van der Waals surface area contributed by atoms with Gasteiger partial charge in [-0.2, -0.15) is 0 Å². The zero-order valence-corrected chi connectivity index (χ0v) is 57.4. The molecule has 3 atom stereocenters. The van der Waals surface area contributed by atoms with E-state index in [1.807, 2.05) is 138 Å². The summed E-state index contributed by atoms with van der Waals surface area (Å²) in [6, 6.07) is 50.5. The van der Waals surface area contributed by atoms with Crippen LogP contribution in [-0.2, 0) is 6.42 Å². The maximum Gasteiger partial charge on any atom is 0.189 e. The van der Waals surface area contributed by atoms with Gasteiger partial charge in [-0.05, 0) is 157 Å². The van der Waals surface area contributed by atoms with Gasteiger partial charge < -0.3 is 0 Å². The van der Waals surface area contributed by atoms with Gasteiger partial charge in [-0.25, -0.2) is 0 Å². The van der Waals surface area contributed by atoms with Crippen LogP contribution in [-0.4, -0.2) is 5.78 Å². The fourth-order valence-corrected chi connectivity index (χ4v) is 10.3. The summed E-state index contributed by atoms with van der Waals surface area (Å²) in [7, 11) is 0. The summed E-state index contributed by atoms with van der Waals surface area (Å²) < 4.78 is 0. The van der Waals surface area contributed by atoms with Gasteiger partial charge in [0.05, 0.1) is 0 Å². The molecular weight excluding hydrogens is 1010 g/mol. The lowest BCUT2D eigenvalue weighted by atomic mass is 9.80. The number of carbonyl (C=O) groups is 1. The van der Waals surface area contributed by atoms with Crippen molar-refractivity contribution < 1.29 is 4.79 Å². The molecule has 4 aliphatic carbocycles. The molecule has 0 N–H and O–H groups in total. The number of hydrogen-bond donors (Lipinski definition) is 0. The Labute approximate surface area is 519 Å². The van der Waals surface area contributed by atoms with Crippen LogP contribution in [0.4, 0.5) is 0 Å². The van der Waals surface area contributed by atoms with Crippen molar-refractivity contribution in [2.24, 2.45) is 17.8 Å². The molecule has 458 valence electrons. The Balaban J connectivity index is 0.000000988. The summed E-state index contributed by atoms with van der Waals surface area (Å²) in [5.74, 6) is 2.88. The van der Waals surface area contributed by atoms with Gasteiger partial charge >= 0.3 is 0 Å². The van der Waals surface area contributed by atoms with Crippen molar-refractivity contribution in [1.82, 2.24) is 0 Å². The van der Waals surface area contributed by atoms with Crippen molar-refractivity contribution in [3.8, 4) is 0 Å². The van der Waals surface area contributed by atoms with E-state index in [1.165, 1.54) is 121 Å². The minimum absolute atomic E-state index is 0.172. The third-order valence-corrected chi connectivity index (χ3v) is 14.7. The molecule has 1 heteroatoms. The van der Waals surface area contributed by atoms with Crippen LogP contribution < -0.4 is 0 Å². The largest absolute Gasteiger partial charge is 0.289 e. The molecule has 0 bridgehead atoms. The first kappa shape index (κ1) is 77.7. The summed E-state index contributed by atoms with van der Waals surface area (Å²) in [4.78, 5) is 12.2. The fourth-order valence-electron chi connectivity index (χ4n) is 10.3. The average Bonchev–Trinajstić information content (AvgIpc) is 4.35. The molecule has 3 fully saturated rings. The molecule has 10 rings (SSSR count). The van der Waals surface area contributed by atoms with Crippen molar-refractivity contribution in [3.63, 3.8) is 0 Å². The van der Waals surface area contributed by atoms with E-state index < -0.39 is 0 Å². The second-order valence-electron chi connectivity index (χ2n) is 21.2. The standard InChI is InChI=1S/C17H14O.C16H16.C15H20.C13H22.C10H12.6C2H6/c1-12-6-8-13(9-7-12)10-15-11-14-4-2-3-5-16(14)17(15)18;1-13-3-7-15(8-4-13)11-12-16-9-5-14(2)6-10-16;1-12-6-8-14(9-7-12)11-15-5-3-4-13(2)10-15;1-10-6-3-4-8-12(10)13-9-5-7-11(13)2;1-3-4-10-7-5-9(2)6-8-10;6*1-2/h2-10H,11H2,1H3;3-12H,1-2H3;6-9,11,13H,3-5,10H2,1-2H3;10-11H,3-9H2,1-2H3;3-8H,1-2H3;6*1-2H3/b15-10+;12-11+;15-11+;13-12+;;;;;;;. The van der Waals surface area contributed by atoms with Crippen molar-refractivity contribution >= 4 is 36.2 Å². The first-order chi connectivity index (χ1) is 40.8. The number of benzene rings is 6. The Bertz CT molecular complexity index is 2700. The quantitative estimate of drug-likeness (QED) is 0.0955. The first-order valence-electron chi connectivity index (χ1n) is 33.2. The molecule has 0 amide bonds. The predicted molar refractivity (Wildman–Crippen MR) is 383 cm³/mol. The van der Waals surface area contributed by atoms with E-state index in [0.717, 1.165) is 46.4 Å². The lowest BCUT2D eigenvalue weighted by Gasteiger charge is -2.25. The number of fused-ring (bicyclic) bond motifs is 1. The lowest BCUT2D eigenvalue weighted by Crippen LogP contribution is -2.10. The van der Waals surface area contributed by atoms with Crippen molar-refractivity contribution in [2.45, 2.75) is 222 Å². The number of hydrogen-bond acceptors (Lipinski definition) is 1. The van der Waals surface area contributed by atoms with Gasteiger partial charge in [0.15, 0.2) is 5.78 Å². The summed E-state index contributed by atoms with van der Waals surface area (Å²) in [6.45, 7) is 43.8. The molecule has 0 spiro atoms. The highest BCUT2D eigenvalue weighted by atomic mass is 16.1. The topological polar surface area (TPSA) is 17.1 Å². The highest BCUT2D eigenvalue weighted by Crippen LogP contribution is 2.40. The summed E-state index contributed by atoms with van der Waals surface area (Å²) in [5, 5.41) is 0. The van der Waals surface area contributed by atoms with E-state index in [2.05, 4.69) is 201 Å². The van der Waals surface area contributed by atoms with Gasteiger partial charge in [-0.15, -0.1) is 0 Å². The summed E-state index contributed by atoms with van der Waals surface area (Å²) in [6.07, 6.45) is 29.1. The number of carbonyl (C=O) groups excluding carboxylic acids is 1. The van der Waals surface area contributed by atoms with E-state index in [1.54, 1.807) is 5.57 Å². The number of allylic oxidation sites excluding steroid dienone is 5. The van der Waals surface area contributed by atoms with E-state index in [-0.39, 0.29) is 5.78 Å². The second-order valence-corrected chi connectivity index (χ2v) is 21.2. The van der Waals surface area contributed by atoms with Gasteiger partial charge in [0.1, 0.15) is 0 Å². The third-order valence-electron chi connectivity index (χ3n) is 14.7. The zero-order valence-electron chi connectivity index (χ0n) is 57.4. The van der Waals surface area contributed by atoms with Crippen LogP contribution in [0.3, 0.4) is 0 Å². The van der Waals surface area contributed by atoms with E-state index in [9.17, 15) is 4.79 Å². The SMILES string of the molecule is CC.CC.CC.CC.CC.CC.CC1CCCC/C1=C1/CCCC1C.CC=Cc1ccc(C)cc1.Cc1ccc(/C=C/c2ccc(C)cc2)cc1.Cc1ccc(/C=C2\CCCC(C)C2)cc1.Cc1ccc(/C=C2\Cc3ccccc3C2=O)cc1. The molecule has 0 aromatic heterocycles. The van der Waals surface area contributed by atoms with Crippen LogP contribution in [0.15, 0.2) is 174 Å². The normalized spacial score (nSPS) is 17.9. The smallest absolute Gasteiger partial charge is 0.189 e. The maximum absolute atomic E-state index is 12.2. The van der Waals surface area contributed by atoms with Crippen molar-refractivity contribution in [2.75, 3.05) is 0 Å². The highest BCUT2D eigenvalue weighted by Gasteiger charge is 2.25. The minimum Gasteiger partial charge on any atom is -0.289 e. The second kappa shape index (κ2) is 48.0. The molecule has 6 aromatic rings. The van der Waals surface area contributed by atoms with Gasteiger partial charge in [-0.3, -0.25) is 4.79 Å².